The van der Waals surface area contributed by atoms with Crippen molar-refractivity contribution in [3.8, 4) is 5.75 Å². The molecule has 1 aromatic heterocycles. The number of halogens is 1. The highest BCUT2D eigenvalue weighted by Crippen LogP contribution is 2.30. The molecule has 0 aliphatic carbocycles. The second-order valence-corrected chi connectivity index (χ2v) is 5.52. The highest BCUT2D eigenvalue weighted by molar-refractivity contribution is 14.1. The van der Waals surface area contributed by atoms with Crippen LogP contribution in [-0.2, 0) is 6.54 Å². The molecule has 0 spiro atoms. The monoisotopic (exact) mass is 372 g/mol. The summed E-state index contributed by atoms with van der Waals surface area (Å²) >= 11 is 2.24. The fourth-order valence-corrected chi connectivity index (χ4v) is 2.36. The second kappa shape index (κ2) is 6.38. The van der Waals surface area contributed by atoms with E-state index in [0.29, 0.717) is 11.4 Å². The van der Waals surface area contributed by atoms with Crippen molar-refractivity contribution in [1.29, 1.82) is 0 Å². The van der Waals surface area contributed by atoms with Crippen molar-refractivity contribution in [1.82, 2.24) is 9.78 Å². The lowest BCUT2D eigenvalue weighted by Gasteiger charge is -2.15. The van der Waals surface area contributed by atoms with Gasteiger partial charge in [-0.15, -0.1) is 0 Å². The van der Waals surface area contributed by atoms with Gasteiger partial charge in [0.05, 0.1) is 13.3 Å². The van der Waals surface area contributed by atoms with Gasteiger partial charge in [0.15, 0.2) is 5.75 Å². The molecule has 1 aromatic carbocycles. The average Bonchev–Trinajstić information content (AvgIpc) is 2.82. The Morgan fingerprint density at radius 3 is 2.63 bits per heavy atom. The van der Waals surface area contributed by atoms with Crippen LogP contribution in [0.3, 0.4) is 0 Å². The van der Waals surface area contributed by atoms with Gasteiger partial charge in [0.2, 0.25) is 0 Å². The number of hydrogen-bond donors (Lipinski definition) is 1. The molecule has 1 unspecified atom stereocenters. The van der Waals surface area contributed by atoms with Crippen LogP contribution < -0.4 is 4.74 Å². The van der Waals surface area contributed by atoms with Crippen molar-refractivity contribution in [2.75, 3.05) is 7.11 Å². The molecule has 1 atom stereocenters. The Labute approximate surface area is 126 Å². The molecule has 0 saturated heterocycles. The number of benzene rings is 1. The van der Waals surface area contributed by atoms with E-state index in [1.54, 1.807) is 13.3 Å². The lowest BCUT2D eigenvalue weighted by Crippen LogP contribution is -2.11. The lowest BCUT2D eigenvalue weighted by molar-refractivity contribution is 0.202. The fraction of sp³-hybridized carbons (Fsp3) is 0.357. The van der Waals surface area contributed by atoms with Crippen LogP contribution in [0, 0.1) is 3.57 Å². The van der Waals surface area contributed by atoms with Crippen LogP contribution >= 0.6 is 22.6 Å². The summed E-state index contributed by atoms with van der Waals surface area (Å²) in [5, 5.41) is 14.8. The van der Waals surface area contributed by atoms with Gasteiger partial charge in [-0.1, -0.05) is 19.1 Å². The zero-order valence-corrected chi connectivity index (χ0v) is 13.2. The first kappa shape index (κ1) is 14.3. The van der Waals surface area contributed by atoms with Crippen LogP contribution in [0.1, 0.15) is 30.7 Å². The molecule has 2 rings (SSSR count). The smallest absolute Gasteiger partial charge is 0.163 e. The van der Waals surface area contributed by atoms with Crippen molar-refractivity contribution >= 4 is 22.6 Å². The summed E-state index contributed by atoms with van der Waals surface area (Å²) < 4.78 is 8.24. The molecule has 0 aliphatic heterocycles. The van der Waals surface area contributed by atoms with Crippen molar-refractivity contribution in [3.05, 3.63) is 45.3 Å². The van der Waals surface area contributed by atoms with E-state index < -0.39 is 6.10 Å². The molecule has 0 amide bonds. The number of nitrogens with zero attached hydrogens (tertiary/aromatic N) is 2. The SMILES string of the molecule is CCCn1ncc(OC)c1C(O)c1ccc(I)cc1. The van der Waals surface area contributed by atoms with Gasteiger partial charge in [-0.25, -0.2) is 0 Å². The summed E-state index contributed by atoms with van der Waals surface area (Å²) in [7, 11) is 1.59. The van der Waals surface area contributed by atoms with Gasteiger partial charge in [0.25, 0.3) is 0 Å². The van der Waals surface area contributed by atoms with Gasteiger partial charge in [-0.05, 0) is 46.7 Å². The normalized spacial score (nSPS) is 12.4. The maximum atomic E-state index is 10.5. The van der Waals surface area contributed by atoms with E-state index in [9.17, 15) is 5.11 Å². The number of aromatic nitrogens is 2. The third-order valence-corrected chi connectivity index (χ3v) is 3.66. The van der Waals surface area contributed by atoms with E-state index in [2.05, 4.69) is 34.6 Å². The maximum Gasteiger partial charge on any atom is 0.163 e. The molecule has 102 valence electrons. The second-order valence-electron chi connectivity index (χ2n) is 4.28. The van der Waals surface area contributed by atoms with Gasteiger partial charge < -0.3 is 9.84 Å². The van der Waals surface area contributed by atoms with E-state index in [1.165, 1.54) is 0 Å². The van der Waals surface area contributed by atoms with Gasteiger partial charge in [-0.3, -0.25) is 4.68 Å². The highest BCUT2D eigenvalue weighted by atomic mass is 127. The molecule has 0 radical (unpaired) electrons. The molecule has 0 saturated carbocycles. The van der Waals surface area contributed by atoms with E-state index in [-0.39, 0.29) is 0 Å². The van der Waals surface area contributed by atoms with E-state index >= 15 is 0 Å². The number of hydrogen-bond acceptors (Lipinski definition) is 3. The first-order chi connectivity index (χ1) is 9.17. The molecule has 0 aliphatic rings. The number of rotatable bonds is 5. The van der Waals surface area contributed by atoms with E-state index in [4.69, 9.17) is 4.74 Å². The van der Waals surface area contributed by atoms with E-state index in [1.807, 2.05) is 28.9 Å². The van der Waals surface area contributed by atoms with Crippen LogP contribution in [0.15, 0.2) is 30.5 Å². The predicted octanol–water partition coefficient (Wildman–Crippen LogP) is 2.99. The summed E-state index contributed by atoms with van der Waals surface area (Å²) in [5.41, 5.74) is 1.56. The molecule has 4 nitrogen and oxygen atoms in total. The summed E-state index contributed by atoms with van der Waals surface area (Å²) in [6, 6.07) is 7.81. The van der Waals surface area contributed by atoms with Crippen LogP contribution in [0.2, 0.25) is 0 Å². The molecule has 0 bridgehead atoms. The van der Waals surface area contributed by atoms with Crippen molar-refractivity contribution in [2.45, 2.75) is 26.0 Å². The summed E-state index contributed by atoms with van der Waals surface area (Å²) in [6.45, 7) is 2.84. The largest absolute Gasteiger partial charge is 0.493 e. The quantitative estimate of drug-likeness (QED) is 0.821. The molecular formula is C14H17IN2O2. The molecule has 0 fully saturated rings. The van der Waals surface area contributed by atoms with Crippen LogP contribution in [0.25, 0.3) is 0 Å². The van der Waals surface area contributed by atoms with Gasteiger partial charge in [0.1, 0.15) is 11.8 Å². The van der Waals surface area contributed by atoms with Crippen molar-refractivity contribution in [3.63, 3.8) is 0 Å². The van der Waals surface area contributed by atoms with Crippen LogP contribution in [0.4, 0.5) is 0 Å². The Morgan fingerprint density at radius 1 is 1.37 bits per heavy atom. The Balaban J connectivity index is 2.38. The first-order valence-corrected chi connectivity index (χ1v) is 7.28. The third kappa shape index (κ3) is 3.09. The minimum Gasteiger partial charge on any atom is -0.493 e. The molecule has 1 N–H and O–H groups in total. The van der Waals surface area contributed by atoms with Crippen LogP contribution in [0.5, 0.6) is 5.75 Å². The maximum absolute atomic E-state index is 10.5. The highest BCUT2D eigenvalue weighted by Gasteiger charge is 2.21. The minimum absolute atomic E-state index is 0.625. The molecule has 2 aromatic rings. The van der Waals surface area contributed by atoms with Gasteiger partial charge >= 0.3 is 0 Å². The number of aliphatic hydroxyl groups excluding tert-OH is 1. The Bertz CT molecular complexity index is 537. The minimum atomic E-state index is -0.721. The Morgan fingerprint density at radius 2 is 2.05 bits per heavy atom. The third-order valence-electron chi connectivity index (χ3n) is 2.94. The van der Waals surface area contributed by atoms with E-state index in [0.717, 1.165) is 22.1 Å². The summed E-state index contributed by atoms with van der Waals surface area (Å²) in [4.78, 5) is 0. The predicted molar refractivity (Wildman–Crippen MR) is 82.3 cm³/mol. The van der Waals surface area contributed by atoms with Gasteiger partial charge in [-0.2, -0.15) is 5.10 Å². The molecular weight excluding hydrogens is 355 g/mol. The number of aliphatic hydroxyl groups is 1. The fourth-order valence-electron chi connectivity index (χ4n) is 2.00. The average molecular weight is 372 g/mol. The molecule has 5 heteroatoms. The zero-order valence-electron chi connectivity index (χ0n) is 11.0. The topological polar surface area (TPSA) is 47.3 Å². The van der Waals surface area contributed by atoms with Crippen molar-refractivity contribution in [2.24, 2.45) is 0 Å². The zero-order chi connectivity index (χ0) is 13.8. The summed E-state index contributed by atoms with van der Waals surface area (Å²) in [6.07, 6.45) is 1.89. The molecule has 19 heavy (non-hydrogen) atoms. The van der Waals surface area contributed by atoms with Crippen molar-refractivity contribution < 1.29 is 9.84 Å². The van der Waals surface area contributed by atoms with Gasteiger partial charge in [0, 0.05) is 10.1 Å². The van der Waals surface area contributed by atoms with Crippen LogP contribution in [-0.4, -0.2) is 22.0 Å². The number of methoxy groups -OCH3 is 1. The number of ether oxygens (including phenoxy) is 1. The Hall–Kier alpha value is -1.08. The standard InChI is InChI=1S/C14H17IN2O2/c1-3-8-17-13(12(19-2)9-16-17)14(18)10-4-6-11(15)7-5-10/h4-7,9,14,18H,3,8H2,1-2H3. The molecule has 1 heterocycles. The number of aryl methyl sites for hydroxylation is 1. The summed E-state index contributed by atoms with van der Waals surface area (Å²) in [5.74, 6) is 0.625. The Kier molecular flexibility index (Phi) is 4.81. The lowest BCUT2D eigenvalue weighted by atomic mass is 10.1. The first-order valence-electron chi connectivity index (χ1n) is 6.20.